The number of ether oxygens (including phenoxy) is 1. The number of halogens is 16. The van der Waals surface area contributed by atoms with Gasteiger partial charge in [0.15, 0.2) is 0 Å². The lowest BCUT2D eigenvalue weighted by molar-refractivity contribution is -0.442. The fraction of sp³-hybridized carbons (Fsp3) is 1.00. The van der Waals surface area contributed by atoms with Gasteiger partial charge in [0.05, 0.1) is 0 Å². The van der Waals surface area contributed by atoms with Crippen LogP contribution >= 0.6 is 0 Å². The van der Waals surface area contributed by atoms with Gasteiger partial charge in [0.2, 0.25) is 0 Å². The largest absolute Gasteiger partial charge is 0.460 e. The summed E-state index contributed by atoms with van der Waals surface area (Å²) in [5, 5.41) is 0. The summed E-state index contributed by atoms with van der Waals surface area (Å²) in [4.78, 5) is 0. The van der Waals surface area contributed by atoms with E-state index in [0.717, 1.165) is 0 Å². The summed E-state index contributed by atoms with van der Waals surface area (Å²) in [6.45, 7) is 0. The van der Waals surface area contributed by atoms with Crippen molar-refractivity contribution in [1.82, 2.24) is 0 Å². The maximum atomic E-state index is 13.5. The number of hydrogen-bond acceptors (Lipinski definition) is 1. The van der Waals surface area contributed by atoms with E-state index in [9.17, 15) is 70.2 Å². The van der Waals surface area contributed by atoms with Crippen molar-refractivity contribution in [3.63, 3.8) is 0 Å². The molecule has 0 aromatic rings. The summed E-state index contributed by atoms with van der Waals surface area (Å²) in [6, 6.07) is 0. The first-order valence-electron chi connectivity index (χ1n) is 5.18. The van der Waals surface area contributed by atoms with Crippen LogP contribution in [0, 0.1) is 0 Å². The smallest absolute Gasteiger partial charge is 0.247 e. The third-order valence-electron chi connectivity index (χ3n) is 3.03. The molecule has 1 saturated heterocycles. The second-order valence-electron chi connectivity index (χ2n) is 4.59. The molecular weight excluding hydrogens is 416 g/mol. The lowest BCUT2D eigenvalue weighted by atomic mass is 9.84. The van der Waals surface area contributed by atoms with Crippen molar-refractivity contribution < 1.29 is 75.0 Å². The molecule has 1 nitrogen and oxygen atoms in total. The van der Waals surface area contributed by atoms with Crippen molar-refractivity contribution >= 4 is 0 Å². The molecule has 1 atom stereocenters. The molecule has 1 heterocycles. The van der Waals surface area contributed by atoms with Crippen LogP contribution < -0.4 is 0 Å². The third-order valence-corrected chi connectivity index (χ3v) is 3.03. The maximum Gasteiger partial charge on any atom is 0.460 e. The highest BCUT2D eigenvalue weighted by Crippen LogP contribution is 2.69. The van der Waals surface area contributed by atoms with Crippen LogP contribution in [-0.4, -0.2) is 47.8 Å². The Morgan fingerprint density at radius 1 is 0.520 bits per heavy atom. The van der Waals surface area contributed by atoms with Crippen LogP contribution in [0.1, 0.15) is 0 Å². The van der Waals surface area contributed by atoms with E-state index in [2.05, 4.69) is 0 Å². The molecule has 25 heavy (non-hydrogen) atoms. The molecule has 0 amide bonds. The predicted molar refractivity (Wildman–Crippen MR) is 40.7 cm³/mol. The molecule has 1 fully saturated rings. The van der Waals surface area contributed by atoms with Crippen LogP contribution in [-0.2, 0) is 4.74 Å². The number of rotatable bonds is 3. The summed E-state index contributed by atoms with van der Waals surface area (Å²) in [6.07, 6.45) is -21.9. The Morgan fingerprint density at radius 3 is 1.12 bits per heavy atom. The van der Waals surface area contributed by atoms with E-state index < -0.39 is 47.8 Å². The van der Waals surface area contributed by atoms with Gasteiger partial charge >= 0.3 is 47.8 Å². The first-order valence-corrected chi connectivity index (χ1v) is 5.18. The Labute approximate surface area is 124 Å². The number of alkyl halides is 16. The molecule has 1 aliphatic heterocycles. The minimum atomic E-state index is -8.40. The zero-order chi connectivity index (χ0) is 20.7. The molecule has 0 bridgehead atoms. The molecule has 0 aliphatic carbocycles. The minimum absolute atomic E-state index is 1.62. The van der Waals surface area contributed by atoms with E-state index in [4.69, 9.17) is 0 Å². The molecule has 0 spiro atoms. The van der Waals surface area contributed by atoms with Crippen LogP contribution in [0.4, 0.5) is 70.2 Å². The highest BCUT2D eigenvalue weighted by molar-refractivity contribution is 5.22. The predicted octanol–water partition coefficient (Wildman–Crippen LogP) is 5.01. The van der Waals surface area contributed by atoms with Crippen LogP contribution in [0.3, 0.4) is 0 Å². The van der Waals surface area contributed by atoms with Gasteiger partial charge in [-0.25, -0.2) is 9.13 Å². The van der Waals surface area contributed by atoms with Crippen molar-refractivity contribution in [3.8, 4) is 0 Å². The molecule has 0 aromatic carbocycles. The van der Waals surface area contributed by atoms with Crippen LogP contribution in [0.2, 0.25) is 0 Å². The van der Waals surface area contributed by atoms with Crippen molar-refractivity contribution in [1.29, 1.82) is 0 Å². The quantitative estimate of drug-likeness (QED) is 0.588. The third kappa shape index (κ3) is 2.16. The van der Waals surface area contributed by atoms with Gasteiger partial charge in [-0.15, -0.1) is 0 Å². The van der Waals surface area contributed by atoms with E-state index in [1.807, 2.05) is 0 Å². The van der Waals surface area contributed by atoms with Gasteiger partial charge in [-0.1, -0.05) is 0 Å². The van der Waals surface area contributed by atoms with Crippen molar-refractivity contribution in [2.45, 2.75) is 47.8 Å². The molecule has 1 unspecified atom stereocenters. The first-order chi connectivity index (χ1) is 10.5. The summed E-state index contributed by atoms with van der Waals surface area (Å²) >= 11 is 0. The highest BCUT2D eigenvalue weighted by Gasteiger charge is 3.02. The van der Waals surface area contributed by atoms with Crippen LogP contribution in [0.15, 0.2) is 0 Å². The van der Waals surface area contributed by atoms with Gasteiger partial charge < -0.3 is 0 Å². The molecule has 0 aromatic heterocycles. The Bertz CT molecular complexity index is 545. The summed E-state index contributed by atoms with van der Waals surface area (Å²) in [7, 11) is 0. The average molecular weight is 416 g/mol. The van der Waals surface area contributed by atoms with E-state index in [1.165, 1.54) is 0 Å². The van der Waals surface area contributed by atoms with E-state index >= 15 is 0 Å². The van der Waals surface area contributed by atoms with E-state index in [-0.39, 0.29) is 0 Å². The van der Waals surface area contributed by atoms with Gasteiger partial charge in [-0.3, -0.25) is 0 Å². The zero-order valence-corrected chi connectivity index (χ0v) is 10.5. The fourth-order valence-corrected chi connectivity index (χ4v) is 1.65. The lowest BCUT2D eigenvalue weighted by Crippen LogP contribution is -2.75. The Morgan fingerprint density at radius 2 is 0.880 bits per heavy atom. The Hall–Kier alpha value is -1.16. The standard InChI is InChI=1S/C8F16O/c9-1(3(12,13)8(23,24)25-7(1,21)22)2(10,11)4(14,15)5(16,17)6(18,19)20. The monoisotopic (exact) mass is 416 g/mol. The van der Waals surface area contributed by atoms with Crippen LogP contribution in [0.25, 0.3) is 0 Å². The van der Waals surface area contributed by atoms with Gasteiger partial charge in [0.25, 0.3) is 0 Å². The Kier molecular flexibility index (Phi) is 4.17. The summed E-state index contributed by atoms with van der Waals surface area (Å²) in [5.74, 6) is -32.5. The van der Waals surface area contributed by atoms with Gasteiger partial charge in [0.1, 0.15) is 0 Å². The number of hydrogen-bond donors (Lipinski definition) is 0. The summed E-state index contributed by atoms with van der Waals surface area (Å²) in [5.41, 5.74) is -7.98. The lowest BCUT2D eigenvalue weighted by Gasteiger charge is -2.41. The Balaban J connectivity index is 3.77. The molecule has 0 radical (unpaired) electrons. The molecule has 1 aliphatic rings. The molecule has 0 saturated carbocycles. The molecule has 0 N–H and O–H groups in total. The molecule has 150 valence electrons. The topological polar surface area (TPSA) is 9.23 Å². The first kappa shape index (κ1) is 21.9. The molecular formula is C8F16O. The van der Waals surface area contributed by atoms with Crippen molar-refractivity contribution in [2.24, 2.45) is 0 Å². The zero-order valence-electron chi connectivity index (χ0n) is 10.5. The van der Waals surface area contributed by atoms with E-state index in [1.54, 1.807) is 4.74 Å². The van der Waals surface area contributed by atoms with Gasteiger partial charge in [0, 0.05) is 0 Å². The van der Waals surface area contributed by atoms with Gasteiger partial charge in [-0.05, 0) is 0 Å². The maximum absolute atomic E-state index is 13.5. The highest BCUT2D eigenvalue weighted by atomic mass is 19.4. The molecule has 17 heteroatoms. The van der Waals surface area contributed by atoms with E-state index in [0.29, 0.717) is 0 Å². The average Bonchev–Trinajstić information content (AvgIpc) is 2.42. The van der Waals surface area contributed by atoms with Crippen molar-refractivity contribution in [2.75, 3.05) is 0 Å². The minimum Gasteiger partial charge on any atom is -0.247 e. The SMILES string of the molecule is FC(F)(F)C(F)(F)C(F)(F)C(F)(F)C1(F)C(F)(F)OC(F)(F)C1(F)F. The summed E-state index contributed by atoms with van der Waals surface area (Å²) < 4.78 is 204. The molecule has 1 rings (SSSR count). The normalized spacial score (nSPS) is 29.8. The second kappa shape index (κ2) is 4.76. The fourth-order valence-electron chi connectivity index (χ4n) is 1.65. The van der Waals surface area contributed by atoms with Crippen molar-refractivity contribution in [3.05, 3.63) is 0 Å². The second-order valence-corrected chi connectivity index (χ2v) is 4.59. The van der Waals surface area contributed by atoms with Crippen LogP contribution in [0.5, 0.6) is 0 Å². The van der Waals surface area contributed by atoms with Gasteiger partial charge in [-0.2, -0.15) is 65.9 Å².